The average molecular weight is 409 g/mol. The number of carbonyl (C=O) groups is 1. The largest absolute Gasteiger partial charge is 0.346 e. The van der Waals surface area contributed by atoms with E-state index in [-0.39, 0.29) is 17.9 Å². The number of amides is 1. The van der Waals surface area contributed by atoms with Gasteiger partial charge in [-0.3, -0.25) is 9.36 Å². The third-order valence-electron chi connectivity index (χ3n) is 4.67. The second kappa shape index (κ2) is 9.27. The van der Waals surface area contributed by atoms with Gasteiger partial charge < -0.3 is 5.32 Å². The zero-order valence-electron chi connectivity index (χ0n) is 17.6. The Kier molecular flexibility index (Phi) is 6.75. The molecule has 1 aromatic heterocycles. The molecule has 1 heterocycles. The molecule has 0 aliphatic heterocycles. The molecule has 0 fully saturated rings. The fourth-order valence-electron chi connectivity index (χ4n) is 2.99. The van der Waals surface area contributed by atoms with Crippen molar-refractivity contribution in [1.29, 1.82) is 0 Å². The smallest absolute Gasteiger partial charge is 0.223 e. The predicted molar refractivity (Wildman–Crippen MR) is 118 cm³/mol. The minimum atomic E-state index is -0.243. The van der Waals surface area contributed by atoms with Crippen molar-refractivity contribution in [3.63, 3.8) is 0 Å². The molecule has 0 aliphatic carbocycles. The molecule has 2 aromatic carbocycles. The maximum absolute atomic E-state index is 12.2. The van der Waals surface area contributed by atoms with Crippen molar-refractivity contribution in [2.24, 2.45) is 5.92 Å². The molecule has 152 valence electrons. The van der Waals surface area contributed by atoms with Gasteiger partial charge in [0, 0.05) is 17.4 Å². The SMILES string of the molecule is Cc1ccc(-n2c(SCc3cccc(C)c3)nnc2C(C)NC(=O)C(C)C)cc1. The van der Waals surface area contributed by atoms with Gasteiger partial charge in [0.2, 0.25) is 5.91 Å². The molecular formula is C23H28N4OS. The Morgan fingerprint density at radius 3 is 2.41 bits per heavy atom. The highest BCUT2D eigenvalue weighted by atomic mass is 32.2. The highest BCUT2D eigenvalue weighted by Crippen LogP contribution is 2.28. The van der Waals surface area contributed by atoms with E-state index in [0.29, 0.717) is 0 Å². The fourth-order valence-corrected chi connectivity index (χ4v) is 3.89. The van der Waals surface area contributed by atoms with Crippen molar-refractivity contribution >= 4 is 17.7 Å². The van der Waals surface area contributed by atoms with Crippen molar-refractivity contribution in [2.45, 2.75) is 51.6 Å². The lowest BCUT2D eigenvalue weighted by Crippen LogP contribution is -2.31. The Balaban J connectivity index is 1.92. The number of carbonyl (C=O) groups excluding carboxylic acids is 1. The maximum Gasteiger partial charge on any atom is 0.223 e. The van der Waals surface area contributed by atoms with Crippen molar-refractivity contribution in [1.82, 2.24) is 20.1 Å². The summed E-state index contributed by atoms with van der Waals surface area (Å²) in [6.45, 7) is 9.88. The predicted octanol–water partition coefficient (Wildman–Crippen LogP) is 5.01. The molecule has 3 rings (SSSR count). The van der Waals surface area contributed by atoms with Crippen LogP contribution in [0.2, 0.25) is 0 Å². The number of aryl methyl sites for hydroxylation is 2. The summed E-state index contributed by atoms with van der Waals surface area (Å²) < 4.78 is 2.05. The van der Waals surface area contributed by atoms with Crippen LogP contribution < -0.4 is 5.32 Å². The number of rotatable bonds is 7. The normalized spacial score (nSPS) is 12.2. The van der Waals surface area contributed by atoms with Crippen LogP contribution in [0.5, 0.6) is 0 Å². The van der Waals surface area contributed by atoms with Gasteiger partial charge in [-0.25, -0.2) is 0 Å². The quantitative estimate of drug-likeness (QED) is 0.558. The number of aromatic nitrogens is 3. The van der Waals surface area contributed by atoms with Gasteiger partial charge in [0.05, 0.1) is 6.04 Å². The lowest BCUT2D eigenvalue weighted by Gasteiger charge is -2.17. The first-order valence-corrected chi connectivity index (χ1v) is 10.8. The van der Waals surface area contributed by atoms with E-state index in [0.717, 1.165) is 22.4 Å². The first-order chi connectivity index (χ1) is 13.8. The summed E-state index contributed by atoms with van der Waals surface area (Å²) in [5.41, 5.74) is 4.68. The lowest BCUT2D eigenvalue weighted by atomic mass is 10.2. The number of nitrogens with zero attached hydrogens (tertiary/aromatic N) is 3. The van der Waals surface area contributed by atoms with Crippen LogP contribution in [0.25, 0.3) is 5.69 Å². The number of nitrogens with one attached hydrogen (secondary N) is 1. The average Bonchev–Trinajstić information content (AvgIpc) is 3.11. The molecule has 0 saturated heterocycles. The molecule has 5 nitrogen and oxygen atoms in total. The highest BCUT2D eigenvalue weighted by Gasteiger charge is 2.22. The molecule has 1 unspecified atom stereocenters. The van der Waals surface area contributed by atoms with E-state index < -0.39 is 0 Å². The van der Waals surface area contributed by atoms with Crippen LogP contribution in [0.1, 0.15) is 49.3 Å². The van der Waals surface area contributed by atoms with Crippen LogP contribution >= 0.6 is 11.8 Å². The van der Waals surface area contributed by atoms with Crippen LogP contribution in [-0.4, -0.2) is 20.7 Å². The second-order valence-corrected chi connectivity index (χ2v) is 8.62. The van der Waals surface area contributed by atoms with Gasteiger partial charge >= 0.3 is 0 Å². The van der Waals surface area contributed by atoms with Crippen molar-refractivity contribution < 1.29 is 4.79 Å². The zero-order valence-corrected chi connectivity index (χ0v) is 18.5. The molecule has 0 saturated carbocycles. The molecule has 0 spiro atoms. The molecule has 0 radical (unpaired) electrons. The van der Waals surface area contributed by atoms with E-state index in [1.54, 1.807) is 11.8 Å². The van der Waals surface area contributed by atoms with E-state index in [9.17, 15) is 4.79 Å². The van der Waals surface area contributed by atoms with Crippen molar-refractivity contribution in [3.8, 4) is 5.69 Å². The number of hydrogen-bond acceptors (Lipinski definition) is 4. The molecule has 6 heteroatoms. The van der Waals surface area contributed by atoms with Crippen LogP contribution in [0.4, 0.5) is 0 Å². The van der Waals surface area contributed by atoms with Crippen LogP contribution in [-0.2, 0) is 10.5 Å². The summed E-state index contributed by atoms with van der Waals surface area (Å²) in [4.78, 5) is 12.2. The molecule has 29 heavy (non-hydrogen) atoms. The molecule has 1 amide bonds. The van der Waals surface area contributed by atoms with Gasteiger partial charge in [-0.05, 0) is 38.5 Å². The van der Waals surface area contributed by atoms with Crippen LogP contribution in [0.15, 0.2) is 53.7 Å². The first kappa shape index (κ1) is 21.1. The Bertz CT molecular complexity index is 979. The van der Waals surface area contributed by atoms with Crippen LogP contribution in [0.3, 0.4) is 0 Å². The third-order valence-corrected chi connectivity index (χ3v) is 5.67. The molecule has 1 N–H and O–H groups in total. The Labute approximate surface area is 176 Å². The maximum atomic E-state index is 12.2. The van der Waals surface area contributed by atoms with E-state index in [1.165, 1.54) is 16.7 Å². The van der Waals surface area contributed by atoms with Crippen LogP contribution in [0, 0.1) is 19.8 Å². The molecule has 0 bridgehead atoms. The highest BCUT2D eigenvalue weighted by molar-refractivity contribution is 7.98. The Morgan fingerprint density at radius 1 is 1.03 bits per heavy atom. The fraction of sp³-hybridized carbons (Fsp3) is 0.348. The van der Waals surface area contributed by atoms with Gasteiger partial charge in [-0.2, -0.15) is 0 Å². The minimum Gasteiger partial charge on any atom is -0.346 e. The molecular weight excluding hydrogens is 380 g/mol. The Hall–Kier alpha value is -2.60. The zero-order chi connectivity index (χ0) is 21.0. The lowest BCUT2D eigenvalue weighted by molar-refractivity contribution is -0.124. The molecule has 1 atom stereocenters. The summed E-state index contributed by atoms with van der Waals surface area (Å²) in [6.07, 6.45) is 0. The molecule has 0 aliphatic rings. The first-order valence-electron chi connectivity index (χ1n) is 9.86. The summed E-state index contributed by atoms with van der Waals surface area (Å²) in [5, 5.41) is 12.7. The van der Waals surface area contributed by atoms with E-state index in [2.05, 4.69) is 77.9 Å². The summed E-state index contributed by atoms with van der Waals surface area (Å²) >= 11 is 1.65. The summed E-state index contributed by atoms with van der Waals surface area (Å²) in [7, 11) is 0. The van der Waals surface area contributed by atoms with E-state index in [1.807, 2.05) is 25.3 Å². The summed E-state index contributed by atoms with van der Waals surface area (Å²) in [6, 6.07) is 16.5. The van der Waals surface area contributed by atoms with Crippen molar-refractivity contribution in [3.05, 3.63) is 71.0 Å². The number of benzene rings is 2. The minimum absolute atomic E-state index is 0.00456. The Morgan fingerprint density at radius 2 is 1.76 bits per heavy atom. The monoisotopic (exact) mass is 408 g/mol. The van der Waals surface area contributed by atoms with E-state index in [4.69, 9.17) is 0 Å². The van der Waals surface area contributed by atoms with E-state index >= 15 is 0 Å². The summed E-state index contributed by atoms with van der Waals surface area (Å²) in [5.74, 6) is 1.46. The van der Waals surface area contributed by atoms with Gasteiger partial charge in [0.25, 0.3) is 0 Å². The van der Waals surface area contributed by atoms with Gasteiger partial charge in [0.1, 0.15) is 0 Å². The second-order valence-electron chi connectivity index (χ2n) is 7.67. The topological polar surface area (TPSA) is 59.8 Å². The van der Waals surface area contributed by atoms with Gasteiger partial charge in [-0.1, -0.05) is 73.1 Å². The van der Waals surface area contributed by atoms with Gasteiger partial charge in [-0.15, -0.1) is 10.2 Å². The van der Waals surface area contributed by atoms with Crippen molar-refractivity contribution in [2.75, 3.05) is 0 Å². The number of thioether (sulfide) groups is 1. The van der Waals surface area contributed by atoms with Gasteiger partial charge in [0.15, 0.2) is 11.0 Å². The molecule has 3 aromatic rings. The third kappa shape index (κ3) is 5.26. The standard InChI is InChI=1S/C23H28N4OS/c1-15(2)22(28)24-18(5)21-25-26-23(27(21)20-11-9-16(3)10-12-20)29-14-19-8-6-7-17(4)13-19/h6-13,15,18H,14H2,1-5H3,(H,24,28). The number of hydrogen-bond donors (Lipinski definition) is 1.